The summed E-state index contributed by atoms with van der Waals surface area (Å²) >= 11 is 0. The Morgan fingerprint density at radius 1 is 1.47 bits per heavy atom. The number of likely N-dealkylation sites (tertiary alicyclic amines) is 1. The van der Waals surface area contributed by atoms with Gasteiger partial charge in [-0.05, 0) is 39.7 Å². The fraction of sp³-hybridized carbons (Fsp3) is 0.846. The molecule has 0 aromatic heterocycles. The maximum absolute atomic E-state index is 9.44. The van der Waals surface area contributed by atoms with E-state index in [9.17, 15) is 5.11 Å². The van der Waals surface area contributed by atoms with E-state index in [0.29, 0.717) is 6.04 Å². The van der Waals surface area contributed by atoms with Gasteiger partial charge >= 0.3 is 0 Å². The predicted octanol–water partition coefficient (Wildman–Crippen LogP) is 2.03. The first kappa shape index (κ1) is 12.5. The minimum absolute atomic E-state index is 0.173. The van der Waals surface area contributed by atoms with Crippen molar-refractivity contribution in [3.8, 4) is 11.8 Å². The lowest BCUT2D eigenvalue weighted by molar-refractivity contribution is 0.0886. The van der Waals surface area contributed by atoms with E-state index in [4.69, 9.17) is 0 Å². The normalized spacial score (nSPS) is 24.3. The van der Waals surface area contributed by atoms with Crippen LogP contribution in [0, 0.1) is 11.8 Å². The highest BCUT2D eigenvalue weighted by atomic mass is 16.3. The van der Waals surface area contributed by atoms with E-state index < -0.39 is 0 Å². The van der Waals surface area contributed by atoms with Gasteiger partial charge in [-0.2, -0.15) is 0 Å². The van der Waals surface area contributed by atoms with Crippen LogP contribution in [0.1, 0.15) is 46.0 Å². The molecule has 2 nitrogen and oxygen atoms in total. The molecule has 1 heterocycles. The lowest BCUT2D eigenvalue weighted by atomic mass is 9.97. The predicted molar refractivity (Wildman–Crippen MR) is 63.6 cm³/mol. The molecule has 0 spiro atoms. The van der Waals surface area contributed by atoms with Gasteiger partial charge in [0, 0.05) is 19.0 Å². The van der Waals surface area contributed by atoms with Crippen LogP contribution >= 0.6 is 0 Å². The summed E-state index contributed by atoms with van der Waals surface area (Å²) in [6, 6.07) is 0.581. The zero-order valence-corrected chi connectivity index (χ0v) is 10.00. The summed E-state index contributed by atoms with van der Waals surface area (Å²) in [7, 11) is 0. The molecule has 1 saturated heterocycles. The Hall–Kier alpha value is -0.520. The van der Waals surface area contributed by atoms with Gasteiger partial charge in [0.25, 0.3) is 0 Å². The van der Waals surface area contributed by atoms with Crippen LogP contribution in [0.3, 0.4) is 0 Å². The Morgan fingerprint density at radius 3 is 2.93 bits per heavy atom. The number of hydrogen-bond acceptors (Lipinski definition) is 2. The third-order valence-electron chi connectivity index (χ3n) is 3.06. The maximum atomic E-state index is 9.44. The second kappa shape index (κ2) is 6.87. The molecule has 0 bridgehead atoms. The summed E-state index contributed by atoms with van der Waals surface area (Å²) in [6.07, 6.45) is 5.56. The molecule has 1 fully saturated rings. The zero-order valence-electron chi connectivity index (χ0n) is 10.00. The Bertz CT molecular complexity index is 226. The first-order valence-corrected chi connectivity index (χ1v) is 6.05. The second-order valence-electron chi connectivity index (χ2n) is 4.45. The van der Waals surface area contributed by atoms with Gasteiger partial charge in [-0.15, -0.1) is 11.8 Å². The third-order valence-corrected chi connectivity index (χ3v) is 3.06. The van der Waals surface area contributed by atoms with Crippen molar-refractivity contribution in [2.75, 3.05) is 13.1 Å². The van der Waals surface area contributed by atoms with Crippen LogP contribution in [0.4, 0.5) is 0 Å². The van der Waals surface area contributed by atoms with E-state index in [0.717, 1.165) is 19.4 Å². The Labute approximate surface area is 93.7 Å². The molecule has 1 N–H and O–H groups in total. The van der Waals surface area contributed by atoms with E-state index in [-0.39, 0.29) is 6.10 Å². The van der Waals surface area contributed by atoms with E-state index in [1.807, 2.05) is 13.8 Å². The van der Waals surface area contributed by atoms with Gasteiger partial charge in [-0.25, -0.2) is 0 Å². The van der Waals surface area contributed by atoms with Crippen molar-refractivity contribution in [1.29, 1.82) is 0 Å². The van der Waals surface area contributed by atoms with Crippen molar-refractivity contribution in [3.63, 3.8) is 0 Å². The van der Waals surface area contributed by atoms with Crippen molar-refractivity contribution in [2.24, 2.45) is 0 Å². The van der Waals surface area contributed by atoms with Crippen molar-refractivity contribution < 1.29 is 5.11 Å². The van der Waals surface area contributed by atoms with Gasteiger partial charge in [0.1, 0.15) is 0 Å². The largest absolute Gasteiger partial charge is 0.393 e. The molecule has 15 heavy (non-hydrogen) atoms. The lowest BCUT2D eigenvalue weighted by Crippen LogP contribution is -2.41. The Morgan fingerprint density at radius 2 is 2.27 bits per heavy atom. The topological polar surface area (TPSA) is 23.5 Å². The number of hydrogen-bond donors (Lipinski definition) is 1. The molecule has 2 unspecified atom stereocenters. The van der Waals surface area contributed by atoms with Gasteiger partial charge in [0.2, 0.25) is 0 Å². The van der Waals surface area contributed by atoms with Crippen LogP contribution in [0.25, 0.3) is 0 Å². The molecular weight excluding hydrogens is 186 g/mol. The molecule has 0 saturated carbocycles. The summed E-state index contributed by atoms with van der Waals surface area (Å²) in [4.78, 5) is 2.50. The number of rotatable bonds is 4. The fourth-order valence-corrected chi connectivity index (χ4v) is 2.34. The summed E-state index contributed by atoms with van der Waals surface area (Å²) < 4.78 is 0. The van der Waals surface area contributed by atoms with Gasteiger partial charge in [0.05, 0.1) is 6.10 Å². The molecule has 0 aromatic carbocycles. The molecule has 1 rings (SSSR count). The maximum Gasteiger partial charge on any atom is 0.0527 e. The highest BCUT2D eigenvalue weighted by molar-refractivity contribution is 4.96. The van der Waals surface area contributed by atoms with Gasteiger partial charge in [-0.3, -0.25) is 4.90 Å². The third kappa shape index (κ3) is 4.68. The highest BCUT2D eigenvalue weighted by Crippen LogP contribution is 2.20. The minimum atomic E-state index is -0.173. The molecule has 86 valence electrons. The molecule has 2 atom stereocenters. The quantitative estimate of drug-likeness (QED) is 0.716. The van der Waals surface area contributed by atoms with Crippen LogP contribution in [-0.4, -0.2) is 35.2 Å². The van der Waals surface area contributed by atoms with E-state index in [2.05, 4.69) is 16.7 Å². The van der Waals surface area contributed by atoms with Crippen molar-refractivity contribution in [2.45, 2.75) is 58.1 Å². The Balaban J connectivity index is 2.37. The molecule has 1 aliphatic rings. The standard InChI is InChI=1S/C13H23NO/c1-3-4-6-9-14-10-7-5-8-13(14)11-12(2)15/h12-13,15H,5-11H2,1-2H3. The monoisotopic (exact) mass is 209 g/mol. The smallest absolute Gasteiger partial charge is 0.0527 e. The summed E-state index contributed by atoms with van der Waals surface area (Å²) in [6.45, 7) is 6.03. The average molecular weight is 209 g/mol. The van der Waals surface area contributed by atoms with E-state index in [1.165, 1.54) is 25.8 Å². The van der Waals surface area contributed by atoms with Gasteiger partial charge < -0.3 is 5.11 Å². The van der Waals surface area contributed by atoms with E-state index >= 15 is 0 Å². The van der Waals surface area contributed by atoms with Crippen LogP contribution in [0.5, 0.6) is 0 Å². The molecule has 0 radical (unpaired) electrons. The molecule has 0 aromatic rings. The first-order chi connectivity index (χ1) is 7.24. The number of aliphatic hydroxyl groups is 1. The molecule has 0 aliphatic carbocycles. The van der Waals surface area contributed by atoms with Crippen molar-refractivity contribution in [3.05, 3.63) is 0 Å². The second-order valence-corrected chi connectivity index (χ2v) is 4.45. The molecular formula is C13H23NO. The summed E-state index contributed by atoms with van der Waals surface area (Å²) in [5.74, 6) is 6.05. The van der Waals surface area contributed by atoms with Crippen molar-refractivity contribution >= 4 is 0 Å². The average Bonchev–Trinajstić information content (AvgIpc) is 2.20. The number of piperidine rings is 1. The van der Waals surface area contributed by atoms with Gasteiger partial charge in [-0.1, -0.05) is 6.42 Å². The minimum Gasteiger partial charge on any atom is -0.393 e. The van der Waals surface area contributed by atoms with Crippen molar-refractivity contribution in [1.82, 2.24) is 4.90 Å². The molecule has 0 amide bonds. The molecule has 2 heteroatoms. The summed E-state index contributed by atoms with van der Waals surface area (Å²) in [5, 5.41) is 9.44. The fourth-order valence-electron chi connectivity index (χ4n) is 2.34. The van der Waals surface area contributed by atoms with Crippen LogP contribution in [0.15, 0.2) is 0 Å². The SMILES string of the molecule is CC#CCCN1CCCCC1CC(C)O. The highest BCUT2D eigenvalue weighted by Gasteiger charge is 2.22. The number of aliphatic hydroxyl groups excluding tert-OH is 1. The van der Waals surface area contributed by atoms with Crippen LogP contribution < -0.4 is 0 Å². The van der Waals surface area contributed by atoms with E-state index in [1.54, 1.807) is 0 Å². The number of nitrogens with zero attached hydrogens (tertiary/aromatic N) is 1. The summed E-state index contributed by atoms with van der Waals surface area (Å²) in [5.41, 5.74) is 0. The van der Waals surface area contributed by atoms with Crippen LogP contribution in [0.2, 0.25) is 0 Å². The van der Waals surface area contributed by atoms with Gasteiger partial charge in [0.15, 0.2) is 0 Å². The zero-order chi connectivity index (χ0) is 11.1. The van der Waals surface area contributed by atoms with Crippen LogP contribution in [-0.2, 0) is 0 Å². The Kier molecular flexibility index (Phi) is 5.75. The molecule has 1 aliphatic heterocycles. The first-order valence-electron chi connectivity index (χ1n) is 6.05. The lowest BCUT2D eigenvalue weighted by Gasteiger charge is -2.36.